The lowest BCUT2D eigenvalue weighted by molar-refractivity contribution is -0.137. The minimum atomic E-state index is -0.678. The van der Waals surface area contributed by atoms with Crippen LogP contribution in [0.4, 0.5) is 0 Å². The molecule has 0 amide bonds. The van der Waals surface area contributed by atoms with Crippen LogP contribution in [0.15, 0.2) is 16.7 Å². The third kappa shape index (κ3) is 2.75. The van der Waals surface area contributed by atoms with E-state index in [0.717, 1.165) is 31.6 Å². The molecule has 0 radical (unpaired) electrons. The number of likely N-dealkylation sites (tertiary alicyclic amines) is 1. The molecule has 4 nitrogen and oxygen atoms in total. The number of aryl methyl sites for hydroxylation is 1. The minimum absolute atomic E-state index is 0.284. The molecule has 3 rings (SSSR count). The average Bonchev–Trinajstić information content (AvgIpc) is 2.93. The molecule has 2 heterocycles. The van der Waals surface area contributed by atoms with Crippen LogP contribution in [0.1, 0.15) is 62.3 Å². The van der Waals surface area contributed by atoms with E-state index in [1.54, 1.807) is 6.26 Å². The second kappa shape index (κ2) is 6.00. The lowest BCUT2D eigenvalue weighted by atomic mass is 9.87. The Morgan fingerprint density at radius 3 is 3.10 bits per heavy atom. The summed E-state index contributed by atoms with van der Waals surface area (Å²) < 4.78 is 5.59. The zero-order valence-corrected chi connectivity index (χ0v) is 11.9. The highest BCUT2D eigenvalue weighted by atomic mass is 16.4. The Morgan fingerprint density at radius 2 is 2.25 bits per heavy atom. The summed E-state index contributed by atoms with van der Waals surface area (Å²) in [6, 6.07) is 2.98. The fourth-order valence-corrected chi connectivity index (χ4v) is 3.84. The Morgan fingerprint density at radius 1 is 1.35 bits per heavy atom. The average molecular weight is 277 g/mol. The fourth-order valence-electron chi connectivity index (χ4n) is 3.84. The Hall–Kier alpha value is -1.29. The van der Waals surface area contributed by atoms with E-state index < -0.39 is 5.97 Å². The molecule has 0 saturated carbocycles. The summed E-state index contributed by atoms with van der Waals surface area (Å²) in [6.45, 7) is 1.10. The first-order chi connectivity index (χ1) is 9.75. The summed E-state index contributed by atoms with van der Waals surface area (Å²) in [6.07, 6.45) is 9.86. The van der Waals surface area contributed by atoms with E-state index in [4.69, 9.17) is 9.52 Å². The number of carbonyl (C=O) groups is 1. The summed E-state index contributed by atoms with van der Waals surface area (Å²) in [7, 11) is 0. The van der Waals surface area contributed by atoms with Gasteiger partial charge in [-0.3, -0.25) is 9.69 Å². The maximum atomic E-state index is 10.8. The largest absolute Gasteiger partial charge is 0.481 e. The van der Waals surface area contributed by atoms with Gasteiger partial charge in [-0.05, 0) is 44.7 Å². The van der Waals surface area contributed by atoms with Crippen molar-refractivity contribution in [3.63, 3.8) is 0 Å². The Bertz CT molecular complexity index is 468. The summed E-state index contributed by atoms with van der Waals surface area (Å²) in [5.74, 6) is 0.465. The summed E-state index contributed by atoms with van der Waals surface area (Å²) in [5, 5.41) is 8.93. The van der Waals surface area contributed by atoms with Gasteiger partial charge >= 0.3 is 5.97 Å². The van der Waals surface area contributed by atoms with Gasteiger partial charge in [0.1, 0.15) is 5.76 Å². The zero-order valence-electron chi connectivity index (χ0n) is 11.9. The van der Waals surface area contributed by atoms with Crippen LogP contribution in [-0.4, -0.2) is 28.6 Å². The third-order valence-corrected chi connectivity index (χ3v) is 4.78. The van der Waals surface area contributed by atoms with Crippen LogP contribution in [-0.2, 0) is 11.2 Å². The lowest BCUT2D eigenvalue weighted by Crippen LogP contribution is -2.43. The molecular formula is C16H23NO3. The van der Waals surface area contributed by atoms with Crippen molar-refractivity contribution in [3.8, 4) is 0 Å². The van der Waals surface area contributed by atoms with Crippen LogP contribution in [0.3, 0.4) is 0 Å². The van der Waals surface area contributed by atoms with E-state index in [2.05, 4.69) is 11.0 Å². The van der Waals surface area contributed by atoms with Gasteiger partial charge in [0.25, 0.3) is 0 Å². The van der Waals surface area contributed by atoms with Gasteiger partial charge in [0, 0.05) is 30.5 Å². The zero-order chi connectivity index (χ0) is 13.9. The summed E-state index contributed by atoms with van der Waals surface area (Å²) >= 11 is 0. The van der Waals surface area contributed by atoms with Crippen molar-refractivity contribution < 1.29 is 14.3 Å². The molecule has 2 unspecified atom stereocenters. The van der Waals surface area contributed by atoms with E-state index >= 15 is 0 Å². The smallest absolute Gasteiger partial charge is 0.303 e. The molecule has 2 atom stereocenters. The summed E-state index contributed by atoms with van der Waals surface area (Å²) in [4.78, 5) is 13.4. The maximum Gasteiger partial charge on any atom is 0.303 e. The van der Waals surface area contributed by atoms with Crippen molar-refractivity contribution in [1.29, 1.82) is 0 Å². The van der Waals surface area contributed by atoms with Gasteiger partial charge in [-0.1, -0.05) is 6.42 Å². The second-order valence-corrected chi connectivity index (χ2v) is 6.03. The number of hydrogen-bond acceptors (Lipinski definition) is 3. The van der Waals surface area contributed by atoms with Gasteiger partial charge in [0.15, 0.2) is 0 Å². The topological polar surface area (TPSA) is 53.7 Å². The van der Waals surface area contributed by atoms with Crippen LogP contribution in [0.2, 0.25) is 0 Å². The van der Waals surface area contributed by atoms with E-state index in [0.29, 0.717) is 12.1 Å². The molecule has 1 saturated heterocycles. The van der Waals surface area contributed by atoms with Crippen molar-refractivity contribution in [3.05, 3.63) is 23.7 Å². The van der Waals surface area contributed by atoms with Crippen molar-refractivity contribution in [1.82, 2.24) is 4.90 Å². The highest BCUT2D eigenvalue weighted by molar-refractivity contribution is 5.66. The first-order valence-corrected chi connectivity index (χ1v) is 7.79. The minimum Gasteiger partial charge on any atom is -0.481 e. The fraction of sp³-hybridized carbons (Fsp3) is 0.688. The second-order valence-electron chi connectivity index (χ2n) is 6.03. The van der Waals surface area contributed by atoms with Gasteiger partial charge in [0.05, 0.1) is 6.26 Å². The van der Waals surface area contributed by atoms with E-state index in [1.165, 1.54) is 31.2 Å². The summed E-state index contributed by atoms with van der Waals surface area (Å²) in [5.41, 5.74) is 1.35. The number of aliphatic carboxylic acids is 1. The Kier molecular flexibility index (Phi) is 4.10. The van der Waals surface area contributed by atoms with Gasteiger partial charge < -0.3 is 9.52 Å². The van der Waals surface area contributed by atoms with Crippen LogP contribution < -0.4 is 0 Å². The van der Waals surface area contributed by atoms with Gasteiger partial charge in [-0.15, -0.1) is 0 Å². The SMILES string of the molecule is O=C(O)CCC1CCCCN1C1CCCc2occc21. The van der Waals surface area contributed by atoms with E-state index in [-0.39, 0.29) is 6.42 Å². The molecule has 1 aromatic heterocycles. The van der Waals surface area contributed by atoms with Crippen molar-refractivity contribution in [2.75, 3.05) is 6.54 Å². The predicted molar refractivity (Wildman–Crippen MR) is 75.6 cm³/mol. The molecule has 20 heavy (non-hydrogen) atoms. The van der Waals surface area contributed by atoms with Crippen LogP contribution in [0.25, 0.3) is 0 Å². The quantitative estimate of drug-likeness (QED) is 0.916. The molecule has 1 N–H and O–H groups in total. The normalized spacial score (nSPS) is 27.2. The number of fused-ring (bicyclic) bond motifs is 1. The molecular weight excluding hydrogens is 254 g/mol. The molecule has 0 bridgehead atoms. The number of hydrogen-bond donors (Lipinski definition) is 1. The first kappa shape index (κ1) is 13.7. The molecule has 4 heteroatoms. The number of nitrogens with zero attached hydrogens (tertiary/aromatic N) is 1. The van der Waals surface area contributed by atoms with Crippen molar-refractivity contribution in [2.24, 2.45) is 0 Å². The Labute approximate surface area is 119 Å². The molecule has 1 aromatic rings. The Balaban J connectivity index is 1.75. The van der Waals surface area contributed by atoms with Gasteiger partial charge in [0.2, 0.25) is 0 Å². The highest BCUT2D eigenvalue weighted by Gasteiger charge is 2.33. The van der Waals surface area contributed by atoms with E-state index in [9.17, 15) is 4.79 Å². The molecule has 0 spiro atoms. The van der Waals surface area contributed by atoms with E-state index in [1.807, 2.05) is 0 Å². The number of furan rings is 1. The molecule has 1 aliphatic carbocycles. The molecule has 2 aliphatic rings. The maximum absolute atomic E-state index is 10.8. The molecule has 0 aromatic carbocycles. The van der Waals surface area contributed by atoms with Crippen LogP contribution >= 0.6 is 0 Å². The number of rotatable bonds is 4. The molecule has 110 valence electrons. The van der Waals surface area contributed by atoms with Gasteiger partial charge in [-0.25, -0.2) is 0 Å². The van der Waals surface area contributed by atoms with Crippen LogP contribution in [0, 0.1) is 0 Å². The monoisotopic (exact) mass is 277 g/mol. The first-order valence-electron chi connectivity index (χ1n) is 7.79. The molecule has 1 fully saturated rings. The van der Waals surface area contributed by atoms with Crippen LogP contribution in [0.5, 0.6) is 0 Å². The standard InChI is InChI=1S/C16H23NO3/c18-16(19)8-7-12-4-1-2-10-17(12)14-5-3-6-15-13(14)9-11-20-15/h9,11-12,14H,1-8,10H2,(H,18,19). The predicted octanol–water partition coefficient (Wildman–Crippen LogP) is 3.38. The van der Waals surface area contributed by atoms with Crippen molar-refractivity contribution in [2.45, 2.75) is 63.5 Å². The number of carboxylic acid groups (broad SMARTS) is 1. The lowest BCUT2D eigenvalue weighted by Gasteiger charge is -2.42. The van der Waals surface area contributed by atoms with Gasteiger partial charge in [-0.2, -0.15) is 0 Å². The highest BCUT2D eigenvalue weighted by Crippen LogP contribution is 2.39. The third-order valence-electron chi connectivity index (χ3n) is 4.78. The molecule has 1 aliphatic heterocycles. The number of carboxylic acids is 1. The van der Waals surface area contributed by atoms with Crippen molar-refractivity contribution >= 4 is 5.97 Å². The number of piperidine rings is 1.